The monoisotopic (exact) mass is 213 g/mol. The molecule has 0 aliphatic heterocycles. The summed E-state index contributed by atoms with van der Waals surface area (Å²) in [5, 5.41) is 0.709. The van der Waals surface area contributed by atoms with Crippen molar-refractivity contribution in [1.29, 1.82) is 0 Å². The Morgan fingerprint density at radius 2 is 1.60 bits per heavy atom. The maximum absolute atomic E-state index is 6.94. The largest absolute Gasteiger partial charge is 0.238 e. The molecular weight excluding hydrogens is 206 g/mol. The molecule has 0 aliphatic rings. The second kappa shape index (κ2) is 4.16. The summed E-state index contributed by atoms with van der Waals surface area (Å²) < 4.78 is 0. The van der Waals surface area contributed by atoms with Crippen LogP contribution in [0.1, 0.15) is 0 Å². The van der Waals surface area contributed by atoms with Crippen LogP contribution in [0.4, 0.5) is 5.69 Å². The maximum atomic E-state index is 6.94. The average Bonchev–Trinajstić information content (AvgIpc) is 2.29. The summed E-state index contributed by atoms with van der Waals surface area (Å²) in [4.78, 5) is 3.40. The number of benzene rings is 2. The molecule has 0 saturated carbocycles. The van der Waals surface area contributed by atoms with Crippen LogP contribution in [0.5, 0.6) is 0 Å². The van der Waals surface area contributed by atoms with Crippen molar-refractivity contribution in [2.24, 2.45) is 0 Å². The topological polar surface area (TPSA) is 4.36 Å². The molecule has 0 atom stereocenters. The van der Waals surface area contributed by atoms with Gasteiger partial charge in [0.1, 0.15) is 0 Å². The smallest absolute Gasteiger partial charge is 0.187 e. The minimum Gasteiger partial charge on any atom is -0.238 e. The molecule has 0 aliphatic carbocycles. The molecule has 0 saturated heterocycles. The predicted octanol–water partition coefficient (Wildman–Crippen LogP) is 4.56. The van der Waals surface area contributed by atoms with Gasteiger partial charge in [-0.15, -0.1) is 0 Å². The van der Waals surface area contributed by atoms with E-state index in [1.54, 1.807) is 6.07 Å². The first-order valence-corrected chi connectivity index (χ1v) is 4.91. The first-order chi connectivity index (χ1) is 7.29. The highest BCUT2D eigenvalue weighted by Gasteiger charge is 1.99. The highest BCUT2D eigenvalue weighted by Crippen LogP contribution is 2.25. The minimum absolute atomic E-state index is 0.646. The molecule has 0 heterocycles. The molecule has 0 unspecified atom stereocenters. The lowest BCUT2D eigenvalue weighted by atomic mass is 10.1. The highest BCUT2D eigenvalue weighted by molar-refractivity contribution is 6.30. The molecule has 2 aromatic carbocycles. The number of hydrogen-bond acceptors (Lipinski definition) is 0. The second-order valence-corrected chi connectivity index (χ2v) is 3.61. The maximum Gasteiger partial charge on any atom is 0.187 e. The number of halogens is 1. The molecule has 0 bridgehead atoms. The van der Waals surface area contributed by atoms with Crippen molar-refractivity contribution in [2.75, 3.05) is 0 Å². The van der Waals surface area contributed by atoms with Crippen LogP contribution in [0.3, 0.4) is 0 Å². The zero-order valence-electron chi connectivity index (χ0n) is 7.94. The van der Waals surface area contributed by atoms with Gasteiger partial charge < -0.3 is 0 Å². The van der Waals surface area contributed by atoms with Gasteiger partial charge in [-0.25, -0.2) is 4.85 Å². The van der Waals surface area contributed by atoms with Gasteiger partial charge in [0.15, 0.2) is 5.69 Å². The third-order valence-corrected chi connectivity index (χ3v) is 2.37. The van der Waals surface area contributed by atoms with Gasteiger partial charge in [-0.1, -0.05) is 41.9 Å². The van der Waals surface area contributed by atoms with Crippen LogP contribution in [-0.4, -0.2) is 0 Å². The Bertz CT molecular complexity index is 526. The van der Waals surface area contributed by atoms with E-state index in [1.165, 1.54) is 0 Å². The molecule has 2 aromatic rings. The zero-order valence-corrected chi connectivity index (χ0v) is 8.70. The van der Waals surface area contributed by atoms with Gasteiger partial charge in [0.05, 0.1) is 6.57 Å². The Hall–Kier alpha value is -1.78. The lowest BCUT2D eigenvalue weighted by Gasteiger charge is -2.02. The van der Waals surface area contributed by atoms with Crippen LogP contribution in [0.15, 0.2) is 48.5 Å². The SMILES string of the molecule is [C-]#[N+]c1cccc(-c2cccc(Cl)c2)c1. The fourth-order valence-electron chi connectivity index (χ4n) is 1.42. The second-order valence-electron chi connectivity index (χ2n) is 3.17. The van der Waals surface area contributed by atoms with E-state index in [1.807, 2.05) is 42.5 Å². The molecular formula is C13H8ClN. The van der Waals surface area contributed by atoms with Gasteiger partial charge in [-0.2, -0.15) is 0 Å². The molecule has 15 heavy (non-hydrogen) atoms. The van der Waals surface area contributed by atoms with Gasteiger partial charge in [-0.3, -0.25) is 0 Å². The summed E-state index contributed by atoms with van der Waals surface area (Å²) in [6, 6.07) is 15.1. The van der Waals surface area contributed by atoms with E-state index in [2.05, 4.69) is 4.85 Å². The minimum atomic E-state index is 0.646. The van der Waals surface area contributed by atoms with E-state index in [-0.39, 0.29) is 0 Å². The van der Waals surface area contributed by atoms with E-state index >= 15 is 0 Å². The van der Waals surface area contributed by atoms with Crippen molar-refractivity contribution in [3.8, 4) is 11.1 Å². The summed E-state index contributed by atoms with van der Waals surface area (Å²) in [7, 11) is 0. The van der Waals surface area contributed by atoms with Crippen LogP contribution >= 0.6 is 11.6 Å². The lowest BCUT2D eigenvalue weighted by Crippen LogP contribution is -1.76. The standard InChI is InChI=1S/C13H8ClN/c1-15-13-7-3-5-11(9-13)10-4-2-6-12(14)8-10/h2-9H. The van der Waals surface area contributed by atoms with Crippen LogP contribution < -0.4 is 0 Å². The van der Waals surface area contributed by atoms with Gasteiger partial charge in [0, 0.05) is 5.02 Å². The summed E-state index contributed by atoms with van der Waals surface area (Å²) in [6.45, 7) is 6.94. The fraction of sp³-hybridized carbons (Fsp3) is 0. The molecule has 1 nitrogen and oxygen atoms in total. The van der Waals surface area contributed by atoms with Crippen LogP contribution in [0.2, 0.25) is 5.02 Å². The van der Waals surface area contributed by atoms with Crippen LogP contribution in [-0.2, 0) is 0 Å². The Morgan fingerprint density at radius 3 is 2.27 bits per heavy atom. The molecule has 2 rings (SSSR count). The molecule has 0 aromatic heterocycles. The zero-order chi connectivity index (χ0) is 10.7. The van der Waals surface area contributed by atoms with Gasteiger partial charge in [0.25, 0.3) is 0 Å². The van der Waals surface area contributed by atoms with Crippen molar-refractivity contribution in [3.63, 3.8) is 0 Å². The van der Waals surface area contributed by atoms with Gasteiger partial charge in [0.2, 0.25) is 0 Å². The number of nitrogens with zero attached hydrogens (tertiary/aromatic N) is 1. The molecule has 0 fully saturated rings. The van der Waals surface area contributed by atoms with Crippen molar-refractivity contribution < 1.29 is 0 Å². The van der Waals surface area contributed by atoms with Crippen molar-refractivity contribution in [1.82, 2.24) is 0 Å². The van der Waals surface area contributed by atoms with Gasteiger partial charge in [-0.05, 0) is 29.3 Å². The van der Waals surface area contributed by atoms with Crippen molar-refractivity contribution in [3.05, 3.63) is 65.0 Å². The summed E-state index contributed by atoms with van der Waals surface area (Å²) in [5.41, 5.74) is 2.70. The van der Waals surface area contributed by atoms with Crippen LogP contribution in [0, 0.1) is 6.57 Å². The number of rotatable bonds is 1. The Balaban J connectivity index is 2.50. The summed E-state index contributed by atoms with van der Waals surface area (Å²) in [5.74, 6) is 0. The molecule has 0 spiro atoms. The molecule has 72 valence electrons. The first kappa shape index (κ1) is 9.76. The molecule has 0 amide bonds. The molecule has 2 heteroatoms. The van der Waals surface area contributed by atoms with E-state index in [9.17, 15) is 0 Å². The lowest BCUT2D eigenvalue weighted by molar-refractivity contribution is 1.62. The van der Waals surface area contributed by atoms with E-state index in [0.29, 0.717) is 10.7 Å². The average molecular weight is 214 g/mol. The molecule has 0 N–H and O–H groups in total. The van der Waals surface area contributed by atoms with Crippen molar-refractivity contribution in [2.45, 2.75) is 0 Å². The normalized spacial score (nSPS) is 9.60. The summed E-state index contributed by atoms with van der Waals surface area (Å²) in [6.07, 6.45) is 0. The Labute approximate surface area is 93.8 Å². The first-order valence-electron chi connectivity index (χ1n) is 4.53. The third kappa shape index (κ3) is 2.18. The Morgan fingerprint density at radius 1 is 0.933 bits per heavy atom. The van der Waals surface area contributed by atoms with Crippen molar-refractivity contribution >= 4 is 17.3 Å². The third-order valence-electron chi connectivity index (χ3n) is 2.13. The predicted molar refractivity (Wildman–Crippen MR) is 63.2 cm³/mol. The van der Waals surface area contributed by atoms with E-state index < -0.39 is 0 Å². The van der Waals surface area contributed by atoms with Gasteiger partial charge >= 0.3 is 0 Å². The quantitative estimate of drug-likeness (QED) is 0.612. The fourth-order valence-corrected chi connectivity index (χ4v) is 1.61. The van der Waals surface area contributed by atoms with Crippen LogP contribution in [0.25, 0.3) is 16.0 Å². The molecule has 0 radical (unpaired) electrons. The Kier molecular flexibility index (Phi) is 2.71. The van der Waals surface area contributed by atoms with E-state index in [4.69, 9.17) is 18.2 Å². The number of hydrogen-bond donors (Lipinski definition) is 0. The van der Waals surface area contributed by atoms with E-state index in [0.717, 1.165) is 11.1 Å². The highest BCUT2D eigenvalue weighted by atomic mass is 35.5. The summed E-state index contributed by atoms with van der Waals surface area (Å²) >= 11 is 5.91.